The molecule has 6 heteroatoms. The number of carbonyl (C=O) groups is 1. The zero-order valence-corrected chi connectivity index (χ0v) is 13.4. The van der Waals surface area contributed by atoms with Crippen molar-refractivity contribution >= 4 is 5.91 Å². The molecule has 3 unspecified atom stereocenters. The fourth-order valence-corrected chi connectivity index (χ4v) is 3.90. The van der Waals surface area contributed by atoms with E-state index in [4.69, 9.17) is 9.47 Å². The molecule has 2 heterocycles. The molecular weight excluding hydrogens is 294 g/mol. The van der Waals surface area contributed by atoms with Gasteiger partial charge in [0, 0.05) is 32.1 Å². The third-order valence-corrected chi connectivity index (χ3v) is 5.23. The van der Waals surface area contributed by atoms with Crippen molar-refractivity contribution < 1.29 is 14.3 Å². The van der Waals surface area contributed by atoms with Gasteiger partial charge in [-0.05, 0) is 42.9 Å². The van der Waals surface area contributed by atoms with E-state index < -0.39 is 0 Å². The third kappa shape index (κ3) is 2.88. The number of amides is 1. The lowest BCUT2D eigenvalue weighted by atomic mass is 9.79. The Morgan fingerprint density at radius 3 is 3.09 bits per heavy atom. The van der Waals surface area contributed by atoms with E-state index >= 15 is 0 Å². The Kier molecular flexibility index (Phi) is 3.87. The van der Waals surface area contributed by atoms with Gasteiger partial charge in [-0.1, -0.05) is 6.07 Å². The summed E-state index contributed by atoms with van der Waals surface area (Å²) in [4.78, 5) is 14.6. The van der Waals surface area contributed by atoms with E-state index in [0.29, 0.717) is 18.5 Å². The fraction of sp³-hybridized carbons (Fsp3) is 0.588. The van der Waals surface area contributed by atoms with Crippen molar-refractivity contribution in [3.8, 4) is 11.5 Å². The van der Waals surface area contributed by atoms with Crippen molar-refractivity contribution in [2.45, 2.75) is 31.8 Å². The van der Waals surface area contributed by atoms with Crippen LogP contribution in [0, 0.1) is 11.8 Å². The number of carbonyl (C=O) groups excluding carboxylic acids is 1. The second-order valence-electron chi connectivity index (χ2n) is 6.78. The summed E-state index contributed by atoms with van der Waals surface area (Å²) in [5.41, 5.74) is 7.59. The predicted octanol–water partition coefficient (Wildman–Crippen LogP) is 1.27. The van der Waals surface area contributed by atoms with Gasteiger partial charge >= 0.3 is 0 Å². The summed E-state index contributed by atoms with van der Waals surface area (Å²) >= 11 is 0. The maximum atomic E-state index is 12.7. The van der Waals surface area contributed by atoms with Crippen LogP contribution >= 0.6 is 0 Å². The molecule has 0 bridgehead atoms. The minimum Gasteiger partial charge on any atom is -0.454 e. The van der Waals surface area contributed by atoms with Crippen molar-refractivity contribution in [3.05, 3.63) is 23.8 Å². The number of nitrogens with one attached hydrogen (secondary N) is 2. The maximum absolute atomic E-state index is 12.7. The molecule has 4 rings (SSSR count). The molecule has 1 aromatic rings. The van der Waals surface area contributed by atoms with Gasteiger partial charge < -0.3 is 14.4 Å². The van der Waals surface area contributed by atoms with Gasteiger partial charge in [-0.3, -0.25) is 15.6 Å². The highest BCUT2D eigenvalue weighted by atomic mass is 16.7. The second-order valence-corrected chi connectivity index (χ2v) is 6.78. The Bertz CT molecular complexity index is 607. The van der Waals surface area contributed by atoms with Crippen LogP contribution in [0.3, 0.4) is 0 Å². The highest BCUT2D eigenvalue weighted by Gasteiger charge is 2.37. The van der Waals surface area contributed by atoms with E-state index in [1.54, 1.807) is 0 Å². The average molecular weight is 317 g/mol. The Morgan fingerprint density at radius 2 is 2.17 bits per heavy atom. The first kappa shape index (κ1) is 14.8. The minimum atomic E-state index is 0.127. The molecule has 0 aromatic heterocycles. The molecule has 1 aliphatic carbocycles. The van der Waals surface area contributed by atoms with Crippen LogP contribution in [0.25, 0.3) is 0 Å². The van der Waals surface area contributed by atoms with Crippen molar-refractivity contribution in [1.29, 1.82) is 0 Å². The number of rotatable bonds is 3. The van der Waals surface area contributed by atoms with Crippen LogP contribution in [-0.2, 0) is 11.3 Å². The SMILES string of the molecule is CN(Cc1ccc2c(c1)OCO2)C(=O)C1CCC2CNNC2C1. The number of hydrogen-bond donors (Lipinski definition) is 2. The summed E-state index contributed by atoms with van der Waals surface area (Å²) in [7, 11) is 1.89. The number of hydrogen-bond acceptors (Lipinski definition) is 5. The summed E-state index contributed by atoms with van der Waals surface area (Å²) < 4.78 is 10.7. The quantitative estimate of drug-likeness (QED) is 0.879. The molecule has 0 radical (unpaired) electrons. The van der Waals surface area contributed by atoms with Gasteiger partial charge in [-0.25, -0.2) is 0 Å². The molecule has 23 heavy (non-hydrogen) atoms. The topological polar surface area (TPSA) is 62.8 Å². The van der Waals surface area contributed by atoms with Crippen molar-refractivity contribution in [3.63, 3.8) is 0 Å². The molecule has 1 aromatic carbocycles. The smallest absolute Gasteiger partial charge is 0.231 e. The predicted molar refractivity (Wildman–Crippen MR) is 84.8 cm³/mol. The molecule has 3 atom stereocenters. The zero-order valence-electron chi connectivity index (χ0n) is 13.4. The molecular formula is C17H23N3O3. The van der Waals surface area contributed by atoms with Crippen LogP contribution in [0.2, 0.25) is 0 Å². The Hall–Kier alpha value is -1.79. The van der Waals surface area contributed by atoms with E-state index in [1.165, 1.54) is 0 Å². The lowest BCUT2D eigenvalue weighted by Gasteiger charge is -2.32. The van der Waals surface area contributed by atoms with E-state index in [2.05, 4.69) is 10.9 Å². The molecule has 0 spiro atoms. The Balaban J connectivity index is 1.38. The first-order valence-corrected chi connectivity index (χ1v) is 8.32. The normalized spacial score (nSPS) is 28.5. The van der Waals surface area contributed by atoms with Gasteiger partial charge in [-0.15, -0.1) is 0 Å². The van der Waals surface area contributed by atoms with E-state index in [0.717, 1.165) is 42.9 Å². The van der Waals surface area contributed by atoms with E-state index in [-0.39, 0.29) is 18.6 Å². The van der Waals surface area contributed by atoms with Gasteiger partial charge in [-0.2, -0.15) is 0 Å². The zero-order chi connectivity index (χ0) is 15.8. The summed E-state index contributed by atoms with van der Waals surface area (Å²) in [6.07, 6.45) is 3.05. The van der Waals surface area contributed by atoms with Crippen molar-refractivity contribution in [2.75, 3.05) is 20.4 Å². The molecule has 124 valence electrons. The largest absolute Gasteiger partial charge is 0.454 e. The van der Waals surface area contributed by atoms with Crippen LogP contribution < -0.4 is 20.3 Å². The van der Waals surface area contributed by atoms with Gasteiger partial charge in [0.05, 0.1) is 0 Å². The van der Waals surface area contributed by atoms with Gasteiger partial charge in [0.15, 0.2) is 11.5 Å². The molecule has 6 nitrogen and oxygen atoms in total. The minimum absolute atomic E-state index is 0.127. The third-order valence-electron chi connectivity index (χ3n) is 5.23. The Morgan fingerprint density at radius 1 is 1.30 bits per heavy atom. The first-order valence-electron chi connectivity index (χ1n) is 8.32. The molecule has 3 aliphatic rings. The molecule has 1 amide bonds. The molecule has 1 saturated carbocycles. The number of fused-ring (bicyclic) bond motifs is 2. The fourth-order valence-electron chi connectivity index (χ4n) is 3.90. The molecule has 2 N–H and O–H groups in total. The summed E-state index contributed by atoms with van der Waals surface area (Å²) in [6.45, 7) is 1.91. The summed E-state index contributed by atoms with van der Waals surface area (Å²) in [6, 6.07) is 6.31. The summed E-state index contributed by atoms with van der Waals surface area (Å²) in [5, 5.41) is 0. The molecule has 2 fully saturated rings. The van der Waals surface area contributed by atoms with Crippen LogP contribution in [0.5, 0.6) is 11.5 Å². The lowest BCUT2D eigenvalue weighted by Crippen LogP contribution is -2.42. The van der Waals surface area contributed by atoms with Crippen molar-refractivity contribution in [2.24, 2.45) is 11.8 Å². The molecule has 2 aliphatic heterocycles. The highest BCUT2D eigenvalue weighted by Crippen LogP contribution is 2.34. The highest BCUT2D eigenvalue weighted by molar-refractivity contribution is 5.78. The maximum Gasteiger partial charge on any atom is 0.231 e. The summed E-state index contributed by atoms with van der Waals surface area (Å²) in [5.74, 6) is 2.60. The number of benzene rings is 1. The number of nitrogens with zero attached hydrogens (tertiary/aromatic N) is 1. The number of ether oxygens (including phenoxy) is 2. The van der Waals surface area contributed by atoms with Crippen LogP contribution in [-0.4, -0.2) is 37.2 Å². The average Bonchev–Trinajstić information content (AvgIpc) is 3.21. The van der Waals surface area contributed by atoms with Crippen molar-refractivity contribution in [1.82, 2.24) is 15.8 Å². The second kappa shape index (κ2) is 6.02. The standard InChI is InChI=1S/C17H23N3O3/c1-20(9-11-2-5-15-16(6-11)23-10-22-15)17(21)12-3-4-13-8-18-19-14(13)7-12/h2,5-6,12-14,18-19H,3-4,7-10H2,1H3. The van der Waals surface area contributed by atoms with E-state index in [1.807, 2.05) is 30.1 Å². The number of hydrazine groups is 1. The Labute approximate surface area is 136 Å². The van der Waals surface area contributed by atoms with Crippen LogP contribution in [0.4, 0.5) is 0 Å². The van der Waals surface area contributed by atoms with Crippen LogP contribution in [0.1, 0.15) is 24.8 Å². The van der Waals surface area contributed by atoms with E-state index in [9.17, 15) is 4.79 Å². The first-order chi connectivity index (χ1) is 11.2. The monoisotopic (exact) mass is 317 g/mol. The lowest BCUT2D eigenvalue weighted by molar-refractivity contribution is -0.136. The van der Waals surface area contributed by atoms with Gasteiger partial charge in [0.1, 0.15) is 0 Å². The van der Waals surface area contributed by atoms with Gasteiger partial charge in [0.2, 0.25) is 12.7 Å². The molecule has 1 saturated heterocycles. The van der Waals surface area contributed by atoms with Crippen LogP contribution in [0.15, 0.2) is 18.2 Å². The van der Waals surface area contributed by atoms with Gasteiger partial charge in [0.25, 0.3) is 0 Å².